The van der Waals surface area contributed by atoms with Gasteiger partial charge in [0.25, 0.3) is 16.4 Å². The molecule has 0 saturated carbocycles. The SMILES string of the molecule is COc1ccc2c(c1F)CSc1c(C(F)F)nn(NS(=O)(=O)c3ccccc3)c1-2. The van der Waals surface area contributed by atoms with Gasteiger partial charge in [0.2, 0.25) is 0 Å². The zero-order chi connectivity index (χ0) is 20.8. The van der Waals surface area contributed by atoms with Crippen LogP contribution < -0.4 is 9.57 Å². The number of hydrogen-bond acceptors (Lipinski definition) is 5. The minimum absolute atomic E-state index is 0.0119. The van der Waals surface area contributed by atoms with E-state index in [1.54, 1.807) is 6.07 Å². The van der Waals surface area contributed by atoms with Crippen LogP contribution in [0.4, 0.5) is 13.2 Å². The number of fused-ring (bicyclic) bond motifs is 3. The van der Waals surface area contributed by atoms with Gasteiger partial charge < -0.3 is 4.74 Å². The average Bonchev–Trinajstić information content (AvgIpc) is 3.07. The van der Waals surface area contributed by atoms with Gasteiger partial charge in [0.1, 0.15) is 11.4 Å². The van der Waals surface area contributed by atoms with Crippen LogP contribution in [0.1, 0.15) is 17.7 Å². The highest BCUT2D eigenvalue weighted by atomic mass is 32.2. The van der Waals surface area contributed by atoms with Crippen molar-refractivity contribution < 1.29 is 26.3 Å². The number of aromatic nitrogens is 2. The maximum absolute atomic E-state index is 14.7. The quantitative estimate of drug-likeness (QED) is 0.643. The molecule has 0 unspecified atom stereocenters. The van der Waals surface area contributed by atoms with Crippen molar-refractivity contribution >= 4 is 21.8 Å². The van der Waals surface area contributed by atoms with Gasteiger partial charge in [-0.3, -0.25) is 0 Å². The molecule has 1 aliphatic rings. The monoisotopic (exact) mass is 441 g/mol. The van der Waals surface area contributed by atoms with Crippen LogP contribution in [0.3, 0.4) is 0 Å². The molecule has 11 heteroatoms. The molecule has 1 N–H and O–H groups in total. The number of benzene rings is 2. The van der Waals surface area contributed by atoms with E-state index in [2.05, 4.69) is 9.93 Å². The number of ether oxygens (including phenoxy) is 1. The Labute approximate surface area is 168 Å². The van der Waals surface area contributed by atoms with Gasteiger partial charge in [-0.1, -0.05) is 18.2 Å². The number of alkyl halides is 2. The first kappa shape index (κ1) is 19.6. The number of thioether (sulfide) groups is 1. The van der Waals surface area contributed by atoms with Crippen molar-refractivity contribution in [3.05, 3.63) is 59.5 Å². The summed E-state index contributed by atoms with van der Waals surface area (Å²) < 4.78 is 72.1. The Balaban J connectivity index is 1.89. The Bertz CT molecular complexity index is 1180. The molecule has 4 rings (SSSR count). The molecule has 0 amide bonds. The van der Waals surface area contributed by atoms with E-state index in [1.165, 1.54) is 43.5 Å². The van der Waals surface area contributed by atoms with Crippen molar-refractivity contribution in [2.45, 2.75) is 22.0 Å². The molecule has 0 bridgehead atoms. The predicted molar refractivity (Wildman–Crippen MR) is 102 cm³/mol. The molecule has 29 heavy (non-hydrogen) atoms. The molecule has 152 valence electrons. The highest BCUT2D eigenvalue weighted by Gasteiger charge is 2.33. The van der Waals surface area contributed by atoms with Gasteiger partial charge in [-0.25, -0.2) is 13.2 Å². The molecule has 0 fully saturated rings. The fourth-order valence-corrected chi connectivity index (χ4v) is 5.20. The van der Waals surface area contributed by atoms with Crippen LogP contribution in [-0.4, -0.2) is 25.4 Å². The molecular formula is C18H14F3N3O3S2. The van der Waals surface area contributed by atoms with Gasteiger partial charge in [-0.15, -0.1) is 16.9 Å². The maximum Gasteiger partial charge on any atom is 0.283 e. The summed E-state index contributed by atoms with van der Waals surface area (Å²) >= 11 is 0.969. The lowest BCUT2D eigenvalue weighted by Gasteiger charge is -2.20. The molecule has 3 aromatic rings. The lowest BCUT2D eigenvalue weighted by Crippen LogP contribution is -2.25. The van der Waals surface area contributed by atoms with Gasteiger partial charge >= 0.3 is 0 Å². The molecular weight excluding hydrogens is 427 g/mol. The zero-order valence-corrected chi connectivity index (χ0v) is 16.5. The first-order chi connectivity index (χ1) is 13.8. The first-order valence-corrected chi connectivity index (χ1v) is 10.8. The number of halogens is 3. The zero-order valence-electron chi connectivity index (χ0n) is 14.9. The summed E-state index contributed by atoms with van der Waals surface area (Å²) in [6.45, 7) is 0. The third-order valence-electron chi connectivity index (χ3n) is 4.38. The molecule has 0 atom stereocenters. The number of rotatable bonds is 5. The third-order valence-corrected chi connectivity index (χ3v) is 6.81. The summed E-state index contributed by atoms with van der Waals surface area (Å²) in [5.74, 6) is -0.527. The fourth-order valence-electron chi connectivity index (χ4n) is 3.04. The first-order valence-electron chi connectivity index (χ1n) is 8.31. The van der Waals surface area contributed by atoms with Crippen LogP contribution in [0.15, 0.2) is 52.3 Å². The molecule has 0 saturated heterocycles. The number of methoxy groups -OCH3 is 1. The lowest BCUT2D eigenvalue weighted by molar-refractivity contribution is 0.142. The minimum atomic E-state index is -4.11. The topological polar surface area (TPSA) is 73.2 Å². The third kappa shape index (κ3) is 3.33. The number of hydrogen-bond donors (Lipinski definition) is 1. The Hall–Kier alpha value is -2.66. The highest BCUT2D eigenvalue weighted by Crippen LogP contribution is 2.47. The Kier molecular flexibility index (Phi) is 4.95. The number of nitrogens with one attached hydrogen (secondary N) is 1. The van der Waals surface area contributed by atoms with Gasteiger partial charge in [0.15, 0.2) is 11.6 Å². The fraction of sp³-hybridized carbons (Fsp3) is 0.167. The summed E-state index contributed by atoms with van der Waals surface area (Å²) in [4.78, 5) is 3.02. The maximum atomic E-state index is 14.7. The van der Waals surface area contributed by atoms with Crippen molar-refractivity contribution in [1.29, 1.82) is 0 Å². The summed E-state index contributed by atoms with van der Waals surface area (Å²) in [6.07, 6.45) is -2.93. The van der Waals surface area contributed by atoms with Gasteiger partial charge in [-0.05, 0) is 24.3 Å². The van der Waals surface area contributed by atoms with E-state index in [-0.39, 0.29) is 38.1 Å². The Morgan fingerprint density at radius 2 is 1.93 bits per heavy atom. The van der Waals surface area contributed by atoms with Crippen molar-refractivity contribution in [3.8, 4) is 17.0 Å². The van der Waals surface area contributed by atoms with Crippen molar-refractivity contribution in [2.24, 2.45) is 0 Å². The second-order valence-electron chi connectivity index (χ2n) is 6.08. The van der Waals surface area contributed by atoms with Gasteiger partial charge in [-0.2, -0.15) is 18.0 Å². The minimum Gasteiger partial charge on any atom is -0.494 e. The normalized spacial score (nSPS) is 13.1. The summed E-state index contributed by atoms with van der Waals surface area (Å²) in [6, 6.07) is 10.3. The number of sulfonamides is 1. The van der Waals surface area contributed by atoms with Crippen LogP contribution in [0.2, 0.25) is 0 Å². The molecule has 6 nitrogen and oxygen atoms in total. The number of nitrogens with zero attached hydrogens (tertiary/aromatic N) is 2. The van der Waals surface area contributed by atoms with E-state index < -0.39 is 28.0 Å². The molecule has 1 aliphatic heterocycles. The Morgan fingerprint density at radius 1 is 1.21 bits per heavy atom. The van der Waals surface area contributed by atoms with Crippen LogP contribution in [0.5, 0.6) is 5.75 Å². The second kappa shape index (κ2) is 7.30. The molecule has 0 spiro atoms. The van der Waals surface area contributed by atoms with Crippen molar-refractivity contribution in [2.75, 3.05) is 11.9 Å². The summed E-state index contributed by atoms with van der Waals surface area (Å²) in [5, 5.41) is 3.78. The second-order valence-corrected chi connectivity index (χ2v) is 8.73. The summed E-state index contributed by atoms with van der Waals surface area (Å²) in [7, 11) is -2.79. The van der Waals surface area contributed by atoms with Crippen LogP contribution >= 0.6 is 11.8 Å². The van der Waals surface area contributed by atoms with Crippen LogP contribution in [-0.2, 0) is 15.8 Å². The Morgan fingerprint density at radius 3 is 2.59 bits per heavy atom. The van der Waals surface area contributed by atoms with Crippen molar-refractivity contribution in [3.63, 3.8) is 0 Å². The van der Waals surface area contributed by atoms with Crippen LogP contribution in [0.25, 0.3) is 11.3 Å². The van der Waals surface area contributed by atoms with E-state index in [0.717, 1.165) is 16.6 Å². The van der Waals surface area contributed by atoms with E-state index >= 15 is 0 Å². The smallest absolute Gasteiger partial charge is 0.283 e. The molecule has 2 aromatic carbocycles. The standard InChI is InChI=1S/C18H14F3N3O3S2/c1-27-13-8-7-11-12(14(13)19)9-28-17-15(18(20)21)22-24(16(11)17)23-29(25,26)10-5-3-2-4-6-10/h2-8,18,23H,9H2,1H3. The highest BCUT2D eigenvalue weighted by molar-refractivity contribution is 7.98. The van der Waals surface area contributed by atoms with Crippen LogP contribution in [0, 0.1) is 5.82 Å². The lowest BCUT2D eigenvalue weighted by atomic mass is 10.0. The molecule has 0 aliphatic carbocycles. The van der Waals surface area contributed by atoms with Crippen molar-refractivity contribution in [1.82, 2.24) is 9.89 Å². The van der Waals surface area contributed by atoms with E-state index in [0.29, 0.717) is 0 Å². The molecule has 1 aromatic heterocycles. The summed E-state index contributed by atoms with van der Waals surface area (Å²) in [5.41, 5.74) is -0.00909. The largest absolute Gasteiger partial charge is 0.494 e. The molecule has 2 heterocycles. The molecule has 0 radical (unpaired) electrons. The van der Waals surface area contributed by atoms with E-state index in [4.69, 9.17) is 4.74 Å². The predicted octanol–water partition coefficient (Wildman–Crippen LogP) is 4.17. The van der Waals surface area contributed by atoms with E-state index in [1.807, 2.05) is 0 Å². The van der Waals surface area contributed by atoms with E-state index in [9.17, 15) is 21.6 Å². The van der Waals surface area contributed by atoms with Gasteiger partial charge in [0.05, 0.1) is 16.9 Å². The van der Waals surface area contributed by atoms with Gasteiger partial charge in [0, 0.05) is 16.9 Å². The average molecular weight is 441 g/mol.